The van der Waals surface area contributed by atoms with Crippen molar-refractivity contribution in [2.24, 2.45) is 5.41 Å². The minimum atomic E-state index is -0.835. The Labute approximate surface area is 158 Å². The number of anilines is 2. The number of pyridine rings is 1. The Morgan fingerprint density at radius 1 is 1.30 bits per heavy atom. The third-order valence-electron chi connectivity index (χ3n) is 4.57. The number of aromatic nitrogens is 1. The second-order valence-electron chi connectivity index (χ2n) is 8.29. The number of nitrogens with zero attached hydrogens (tertiary/aromatic N) is 2. The normalized spacial score (nSPS) is 13.6. The van der Waals surface area contributed by atoms with Crippen LogP contribution in [0.15, 0.2) is 24.3 Å². The highest BCUT2D eigenvalue weighted by Crippen LogP contribution is 2.32. The number of hydrogen-bond donors (Lipinski definition) is 1. The van der Waals surface area contributed by atoms with Crippen LogP contribution in [0.2, 0.25) is 0 Å². The molecule has 1 aliphatic rings. The molecular weight excluding hydrogens is 348 g/mol. The van der Waals surface area contributed by atoms with Gasteiger partial charge in [0.05, 0.1) is 11.4 Å². The van der Waals surface area contributed by atoms with Crippen molar-refractivity contribution in [2.45, 2.75) is 47.1 Å². The van der Waals surface area contributed by atoms with Gasteiger partial charge in [-0.25, -0.2) is 13.8 Å². The van der Waals surface area contributed by atoms with Gasteiger partial charge in [0, 0.05) is 31.5 Å². The number of nitrogens with one attached hydrogen (secondary N) is 1. The maximum absolute atomic E-state index is 14.0. The molecule has 0 fully saturated rings. The monoisotopic (exact) mass is 373 g/mol. The zero-order valence-corrected chi connectivity index (χ0v) is 16.2. The summed E-state index contributed by atoms with van der Waals surface area (Å²) in [5.74, 6) is -1.13. The summed E-state index contributed by atoms with van der Waals surface area (Å²) in [4.78, 5) is 18.8. The highest BCUT2D eigenvalue weighted by molar-refractivity contribution is 5.91. The first-order valence-electron chi connectivity index (χ1n) is 9.12. The molecule has 0 saturated heterocycles. The fraction of sp³-hybridized carbons (Fsp3) is 0.429. The minimum absolute atomic E-state index is 0.0604. The lowest BCUT2D eigenvalue weighted by molar-refractivity contribution is -0.117. The molecule has 0 atom stereocenters. The predicted molar refractivity (Wildman–Crippen MR) is 103 cm³/mol. The molecule has 1 N–H and O–H groups in total. The molecule has 1 aromatic carbocycles. The van der Waals surface area contributed by atoms with Crippen molar-refractivity contribution >= 4 is 17.4 Å². The minimum Gasteiger partial charge on any atom is -0.365 e. The number of rotatable bonds is 4. The van der Waals surface area contributed by atoms with E-state index in [2.05, 4.69) is 10.3 Å². The zero-order chi connectivity index (χ0) is 19.8. The lowest BCUT2D eigenvalue weighted by atomic mass is 9.92. The van der Waals surface area contributed by atoms with E-state index in [1.807, 2.05) is 38.7 Å². The number of benzene rings is 1. The van der Waals surface area contributed by atoms with E-state index in [1.165, 1.54) is 6.07 Å². The summed E-state index contributed by atoms with van der Waals surface area (Å²) in [6.45, 7) is 8.89. The van der Waals surface area contributed by atoms with Crippen molar-refractivity contribution in [1.29, 1.82) is 0 Å². The third-order valence-corrected chi connectivity index (χ3v) is 4.57. The molecule has 0 radical (unpaired) electrons. The molecule has 0 bridgehead atoms. The predicted octanol–water partition coefficient (Wildman–Crippen LogP) is 4.61. The zero-order valence-electron chi connectivity index (χ0n) is 16.2. The first-order valence-corrected chi connectivity index (χ1v) is 9.12. The van der Waals surface area contributed by atoms with E-state index in [0.717, 1.165) is 23.0 Å². The fourth-order valence-electron chi connectivity index (χ4n) is 3.28. The van der Waals surface area contributed by atoms with Crippen LogP contribution in [-0.2, 0) is 17.8 Å². The summed E-state index contributed by atoms with van der Waals surface area (Å²) in [6, 6.07) is 6.19. The molecule has 3 rings (SSSR count). The van der Waals surface area contributed by atoms with Crippen LogP contribution in [0.4, 0.5) is 20.3 Å². The molecule has 2 heterocycles. The van der Waals surface area contributed by atoms with Gasteiger partial charge in [0.25, 0.3) is 0 Å². The summed E-state index contributed by atoms with van der Waals surface area (Å²) in [7, 11) is 0. The summed E-state index contributed by atoms with van der Waals surface area (Å²) < 4.78 is 27.4. The lowest BCUT2D eigenvalue weighted by Crippen LogP contribution is -2.22. The molecule has 27 heavy (non-hydrogen) atoms. The van der Waals surface area contributed by atoms with Gasteiger partial charge in [-0.15, -0.1) is 0 Å². The number of fused-ring (bicyclic) bond motifs is 1. The largest absolute Gasteiger partial charge is 0.365 e. The van der Waals surface area contributed by atoms with Gasteiger partial charge in [-0.3, -0.25) is 4.79 Å². The lowest BCUT2D eigenvalue weighted by Gasteiger charge is -2.21. The van der Waals surface area contributed by atoms with Crippen molar-refractivity contribution in [3.05, 3.63) is 52.7 Å². The first-order chi connectivity index (χ1) is 12.6. The number of aryl methyl sites for hydroxylation is 1. The van der Waals surface area contributed by atoms with Crippen LogP contribution < -0.4 is 10.2 Å². The first kappa shape index (κ1) is 19.3. The maximum atomic E-state index is 14.0. The van der Waals surface area contributed by atoms with Gasteiger partial charge in [0.2, 0.25) is 5.91 Å². The van der Waals surface area contributed by atoms with Gasteiger partial charge in [-0.05, 0) is 30.0 Å². The summed E-state index contributed by atoms with van der Waals surface area (Å²) in [5.41, 5.74) is 2.85. The Kier molecular flexibility index (Phi) is 5.18. The van der Waals surface area contributed by atoms with Gasteiger partial charge < -0.3 is 10.2 Å². The van der Waals surface area contributed by atoms with Gasteiger partial charge >= 0.3 is 0 Å². The van der Waals surface area contributed by atoms with Crippen molar-refractivity contribution in [2.75, 3.05) is 16.8 Å². The Morgan fingerprint density at radius 3 is 2.74 bits per heavy atom. The standard InChI is InChI=1S/C21H25F2N3O/c1-13-10-17-16(24-20(13)25-18(27)11-21(2,3)4)8-9-26(17)12-14-6-5-7-15(22)19(14)23/h5-7,10H,8-9,11-12H2,1-4H3,(H,24,25,27). The van der Waals surface area contributed by atoms with Gasteiger partial charge in [0.15, 0.2) is 11.6 Å². The maximum Gasteiger partial charge on any atom is 0.226 e. The van der Waals surface area contributed by atoms with Gasteiger partial charge in [0.1, 0.15) is 5.82 Å². The van der Waals surface area contributed by atoms with Gasteiger partial charge in [-0.1, -0.05) is 32.9 Å². The van der Waals surface area contributed by atoms with Crippen LogP contribution in [-0.4, -0.2) is 17.4 Å². The number of carbonyl (C=O) groups excluding carboxylic acids is 1. The molecule has 2 aromatic rings. The van der Waals surface area contributed by atoms with Crippen LogP contribution in [0.1, 0.15) is 44.0 Å². The fourth-order valence-corrected chi connectivity index (χ4v) is 3.28. The van der Waals surface area contributed by atoms with E-state index in [9.17, 15) is 13.6 Å². The molecule has 144 valence electrons. The van der Waals surface area contributed by atoms with E-state index in [0.29, 0.717) is 30.8 Å². The number of amides is 1. The van der Waals surface area contributed by atoms with Crippen LogP contribution in [0.3, 0.4) is 0 Å². The second-order valence-corrected chi connectivity index (χ2v) is 8.29. The number of carbonyl (C=O) groups is 1. The quantitative estimate of drug-likeness (QED) is 0.852. The topological polar surface area (TPSA) is 45.2 Å². The smallest absolute Gasteiger partial charge is 0.226 e. The van der Waals surface area contributed by atoms with Crippen LogP contribution >= 0.6 is 0 Å². The Morgan fingerprint density at radius 2 is 2.04 bits per heavy atom. The molecule has 4 nitrogen and oxygen atoms in total. The van der Waals surface area contributed by atoms with Crippen molar-refractivity contribution < 1.29 is 13.6 Å². The van der Waals surface area contributed by atoms with E-state index in [-0.39, 0.29) is 17.9 Å². The highest BCUT2D eigenvalue weighted by Gasteiger charge is 2.24. The SMILES string of the molecule is Cc1cc2c(nc1NC(=O)CC(C)(C)C)CCN2Cc1cccc(F)c1F. The Bertz CT molecular complexity index is 874. The molecule has 1 amide bonds. The number of halogens is 2. The molecule has 0 unspecified atom stereocenters. The summed E-state index contributed by atoms with van der Waals surface area (Å²) >= 11 is 0. The van der Waals surface area contributed by atoms with Crippen LogP contribution in [0.5, 0.6) is 0 Å². The number of hydrogen-bond acceptors (Lipinski definition) is 3. The molecule has 0 aliphatic carbocycles. The average molecular weight is 373 g/mol. The molecule has 1 aromatic heterocycles. The summed E-state index contributed by atoms with van der Waals surface area (Å²) in [5, 5.41) is 2.90. The van der Waals surface area contributed by atoms with E-state index < -0.39 is 11.6 Å². The van der Waals surface area contributed by atoms with Crippen molar-refractivity contribution in [3.8, 4) is 0 Å². The van der Waals surface area contributed by atoms with Crippen LogP contribution in [0, 0.1) is 24.0 Å². The van der Waals surface area contributed by atoms with Crippen LogP contribution in [0.25, 0.3) is 0 Å². The van der Waals surface area contributed by atoms with E-state index in [4.69, 9.17) is 0 Å². The third kappa shape index (κ3) is 4.43. The average Bonchev–Trinajstić information content (AvgIpc) is 2.92. The summed E-state index contributed by atoms with van der Waals surface area (Å²) in [6.07, 6.45) is 1.12. The van der Waals surface area contributed by atoms with Gasteiger partial charge in [-0.2, -0.15) is 0 Å². The van der Waals surface area contributed by atoms with Crippen molar-refractivity contribution in [1.82, 2.24) is 4.98 Å². The molecule has 1 aliphatic heterocycles. The molecule has 6 heteroatoms. The molecule has 0 saturated carbocycles. The van der Waals surface area contributed by atoms with E-state index >= 15 is 0 Å². The van der Waals surface area contributed by atoms with E-state index in [1.54, 1.807) is 6.07 Å². The molecule has 0 spiro atoms. The van der Waals surface area contributed by atoms with Crippen molar-refractivity contribution in [3.63, 3.8) is 0 Å². The Balaban J connectivity index is 1.79. The molecular formula is C21H25F2N3O. The highest BCUT2D eigenvalue weighted by atomic mass is 19.2. The Hall–Kier alpha value is -2.50. The second kappa shape index (κ2) is 7.25.